The molecule has 0 unspecified atom stereocenters. The maximum Gasteiger partial charge on any atom is 0.396 e. The highest BCUT2D eigenvalue weighted by atomic mass is 16.5. The Morgan fingerprint density at radius 3 is 2.56 bits per heavy atom. The molecule has 1 aromatic carbocycles. The maximum absolute atomic E-state index is 11.6. The zero-order valence-corrected chi connectivity index (χ0v) is 11.1. The van der Waals surface area contributed by atoms with Crippen molar-refractivity contribution in [1.29, 1.82) is 0 Å². The minimum absolute atomic E-state index is 0.218. The van der Waals surface area contributed by atoms with Gasteiger partial charge in [-0.15, -0.1) is 0 Å². The zero-order chi connectivity index (χ0) is 13.5. The fourth-order valence-electron chi connectivity index (χ4n) is 1.63. The first-order valence-corrected chi connectivity index (χ1v) is 6.03. The van der Waals surface area contributed by atoms with Gasteiger partial charge in [-0.3, -0.25) is 4.79 Å². The van der Waals surface area contributed by atoms with E-state index in [2.05, 4.69) is 4.74 Å². The average Bonchev–Trinajstić information content (AvgIpc) is 2.36. The molecule has 0 atom stereocenters. The summed E-state index contributed by atoms with van der Waals surface area (Å²) < 4.78 is 4.67. The van der Waals surface area contributed by atoms with E-state index in [1.807, 2.05) is 31.2 Å². The van der Waals surface area contributed by atoms with Crippen molar-refractivity contribution in [3.8, 4) is 0 Å². The van der Waals surface area contributed by atoms with Gasteiger partial charge in [0.05, 0.1) is 6.61 Å². The van der Waals surface area contributed by atoms with Gasteiger partial charge in [0.15, 0.2) is 0 Å². The van der Waals surface area contributed by atoms with Gasteiger partial charge in [-0.25, -0.2) is 4.79 Å². The molecule has 4 heteroatoms. The van der Waals surface area contributed by atoms with Crippen molar-refractivity contribution in [2.75, 3.05) is 20.2 Å². The van der Waals surface area contributed by atoms with E-state index in [9.17, 15) is 9.59 Å². The Labute approximate surface area is 108 Å². The number of amides is 1. The summed E-state index contributed by atoms with van der Waals surface area (Å²) >= 11 is 0. The Bertz CT molecular complexity index is 429. The molecule has 0 saturated heterocycles. The molecule has 1 aromatic rings. The summed E-state index contributed by atoms with van der Waals surface area (Å²) in [6, 6.07) is 8.00. The first kappa shape index (κ1) is 14.2. The molecule has 1 rings (SSSR count). The number of nitrogens with zero attached hydrogens (tertiary/aromatic N) is 1. The van der Waals surface area contributed by atoms with Crippen LogP contribution < -0.4 is 0 Å². The monoisotopic (exact) mass is 249 g/mol. The molecule has 18 heavy (non-hydrogen) atoms. The van der Waals surface area contributed by atoms with Crippen LogP contribution in [0.25, 0.3) is 0 Å². The lowest BCUT2D eigenvalue weighted by Gasteiger charge is -2.16. The number of hydrogen-bond donors (Lipinski definition) is 0. The molecular formula is C14H19NO3. The molecule has 0 spiro atoms. The van der Waals surface area contributed by atoms with Gasteiger partial charge in [-0.2, -0.15) is 0 Å². The number of carbonyl (C=O) groups is 2. The minimum atomic E-state index is -0.787. The summed E-state index contributed by atoms with van der Waals surface area (Å²) in [7, 11) is 1.61. The van der Waals surface area contributed by atoms with Crippen LogP contribution in [0.3, 0.4) is 0 Å². The van der Waals surface area contributed by atoms with E-state index >= 15 is 0 Å². The summed E-state index contributed by atoms with van der Waals surface area (Å²) in [5.74, 6) is -1.38. The molecule has 0 N–H and O–H groups in total. The van der Waals surface area contributed by atoms with E-state index in [-0.39, 0.29) is 6.61 Å². The van der Waals surface area contributed by atoms with E-state index in [1.54, 1.807) is 14.0 Å². The number of esters is 1. The van der Waals surface area contributed by atoms with E-state index in [4.69, 9.17) is 0 Å². The standard InChI is InChI=1S/C14H19NO3/c1-4-18-14(17)13(16)15(3)10-9-12-8-6-5-7-11(12)2/h5-8H,4,9-10H2,1-3H3. The number of benzene rings is 1. The fourth-order valence-corrected chi connectivity index (χ4v) is 1.63. The molecule has 0 aliphatic rings. The Morgan fingerprint density at radius 1 is 1.28 bits per heavy atom. The molecular weight excluding hydrogens is 230 g/mol. The Morgan fingerprint density at radius 2 is 1.94 bits per heavy atom. The van der Waals surface area contributed by atoms with Crippen LogP contribution in [-0.2, 0) is 20.7 Å². The van der Waals surface area contributed by atoms with Gasteiger partial charge in [0.25, 0.3) is 0 Å². The molecule has 0 saturated carbocycles. The molecule has 1 amide bonds. The fraction of sp³-hybridized carbons (Fsp3) is 0.429. The van der Waals surface area contributed by atoms with Gasteiger partial charge in [0.2, 0.25) is 0 Å². The molecule has 0 bridgehead atoms. The third-order valence-electron chi connectivity index (χ3n) is 2.77. The predicted molar refractivity (Wildman–Crippen MR) is 69.2 cm³/mol. The van der Waals surface area contributed by atoms with Crippen LogP contribution in [0.1, 0.15) is 18.1 Å². The second-order valence-corrected chi connectivity index (χ2v) is 4.12. The quantitative estimate of drug-likeness (QED) is 0.601. The topological polar surface area (TPSA) is 46.6 Å². The molecule has 0 fully saturated rings. The number of aryl methyl sites for hydroxylation is 1. The van der Waals surface area contributed by atoms with Crippen LogP contribution in [0.15, 0.2) is 24.3 Å². The highest BCUT2D eigenvalue weighted by Gasteiger charge is 2.19. The lowest BCUT2D eigenvalue weighted by Crippen LogP contribution is -2.36. The second-order valence-electron chi connectivity index (χ2n) is 4.12. The van der Waals surface area contributed by atoms with Crippen molar-refractivity contribution in [3.63, 3.8) is 0 Å². The van der Waals surface area contributed by atoms with E-state index in [1.165, 1.54) is 16.0 Å². The SMILES string of the molecule is CCOC(=O)C(=O)N(C)CCc1ccccc1C. The first-order valence-electron chi connectivity index (χ1n) is 6.03. The van der Waals surface area contributed by atoms with E-state index < -0.39 is 11.9 Å². The predicted octanol–water partition coefficient (Wildman–Crippen LogP) is 1.56. The molecule has 0 aromatic heterocycles. The lowest BCUT2D eigenvalue weighted by atomic mass is 10.1. The Kier molecular flexibility index (Phi) is 5.36. The molecule has 98 valence electrons. The van der Waals surface area contributed by atoms with Crippen molar-refractivity contribution in [3.05, 3.63) is 35.4 Å². The minimum Gasteiger partial charge on any atom is -0.459 e. The van der Waals surface area contributed by atoms with Gasteiger partial charge >= 0.3 is 11.9 Å². The van der Waals surface area contributed by atoms with Crippen LogP contribution in [0.5, 0.6) is 0 Å². The third-order valence-corrected chi connectivity index (χ3v) is 2.77. The normalized spacial score (nSPS) is 9.94. The summed E-state index contributed by atoms with van der Waals surface area (Å²) in [4.78, 5) is 24.2. The number of likely N-dealkylation sites (N-methyl/N-ethyl adjacent to an activating group) is 1. The van der Waals surface area contributed by atoms with Crippen LogP contribution >= 0.6 is 0 Å². The highest BCUT2D eigenvalue weighted by molar-refractivity contribution is 6.32. The summed E-state index contributed by atoms with van der Waals surface area (Å²) in [5.41, 5.74) is 2.37. The van der Waals surface area contributed by atoms with Crippen LogP contribution in [-0.4, -0.2) is 37.0 Å². The largest absolute Gasteiger partial charge is 0.459 e. The lowest BCUT2D eigenvalue weighted by molar-refractivity contribution is -0.159. The van der Waals surface area contributed by atoms with Crippen molar-refractivity contribution in [2.24, 2.45) is 0 Å². The number of rotatable bonds is 4. The summed E-state index contributed by atoms with van der Waals surface area (Å²) in [5, 5.41) is 0. The van der Waals surface area contributed by atoms with Crippen molar-refractivity contribution in [1.82, 2.24) is 4.90 Å². The highest BCUT2D eigenvalue weighted by Crippen LogP contribution is 2.08. The molecule has 0 aliphatic carbocycles. The van der Waals surface area contributed by atoms with Gasteiger partial charge in [-0.1, -0.05) is 24.3 Å². The van der Waals surface area contributed by atoms with Crippen molar-refractivity contribution < 1.29 is 14.3 Å². The van der Waals surface area contributed by atoms with Crippen LogP contribution in [0.4, 0.5) is 0 Å². The number of carbonyl (C=O) groups excluding carboxylic acids is 2. The average molecular weight is 249 g/mol. The number of hydrogen-bond acceptors (Lipinski definition) is 3. The zero-order valence-electron chi connectivity index (χ0n) is 11.1. The van der Waals surface area contributed by atoms with Gasteiger partial charge in [0.1, 0.15) is 0 Å². The van der Waals surface area contributed by atoms with Gasteiger partial charge in [-0.05, 0) is 31.4 Å². The van der Waals surface area contributed by atoms with E-state index in [0.29, 0.717) is 6.54 Å². The second kappa shape index (κ2) is 6.79. The van der Waals surface area contributed by atoms with Crippen molar-refractivity contribution in [2.45, 2.75) is 20.3 Å². The van der Waals surface area contributed by atoms with Gasteiger partial charge in [0, 0.05) is 13.6 Å². The molecule has 0 aliphatic heterocycles. The third kappa shape index (κ3) is 3.87. The smallest absolute Gasteiger partial charge is 0.396 e. The maximum atomic E-state index is 11.6. The summed E-state index contributed by atoms with van der Waals surface area (Å²) in [6.07, 6.45) is 0.730. The van der Waals surface area contributed by atoms with E-state index in [0.717, 1.165) is 6.42 Å². The van der Waals surface area contributed by atoms with Crippen LogP contribution in [0, 0.1) is 6.92 Å². The summed E-state index contributed by atoms with van der Waals surface area (Å²) in [6.45, 7) is 4.43. The number of ether oxygens (including phenoxy) is 1. The Hall–Kier alpha value is -1.84. The Balaban J connectivity index is 2.51. The first-order chi connectivity index (χ1) is 8.56. The van der Waals surface area contributed by atoms with Gasteiger partial charge < -0.3 is 9.64 Å². The molecule has 4 nitrogen and oxygen atoms in total. The van der Waals surface area contributed by atoms with Crippen LogP contribution in [0.2, 0.25) is 0 Å². The molecule has 0 radical (unpaired) electrons. The van der Waals surface area contributed by atoms with Crippen molar-refractivity contribution >= 4 is 11.9 Å². The molecule has 0 heterocycles.